The van der Waals surface area contributed by atoms with Gasteiger partial charge < -0.3 is 15.2 Å². The van der Waals surface area contributed by atoms with Crippen molar-refractivity contribution in [1.29, 1.82) is 0 Å². The maximum Gasteiger partial charge on any atom is 0.408 e. The number of nitrogens with one attached hydrogen (secondary N) is 2. The number of halogens is 1. The highest BCUT2D eigenvalue weighted by molar-refractivity contribution is 9.10. The van der Waals surface area contributed by atoms with Crippen LogP contribution < -0.4 is 10.8 Å². The second-order valence-corrected chi connectivity index (χ2v) is 3.22. The molecule has 0 bridgehead atoms. The van der Waals surface area contributed by atoms with E-state index in [1.807, 2.05) is 0 Å². The summed E-state index contributed by atoms with van der Waals surface area (Å²) < 4.78 is 0.471. The zero-order valence-corrected chi connectivity index (χ0v) is 8.05. The molecule has 0 saturated heterocycles. The Bertz CT molecular complexity index is 326. The Hall–Kier alpha value is -0.745. The van der Waals surface area contributed by atoms with Crippen LogP contribution in [-0.2, 0) is 0 Å². The van der Waals surface area contributed by atoms with E-state index in [9.17, 15) is 4.79 Å². The van der Waals surface area contributed by atoms with Crippen LogP contribution in [0.1, 0.15) is 0 Å². The summed E-state index contributed by atoms with van der Waals surface area (Å²) in [6.45, 7) is 1.57. The average Bonchev–Trinajstić information content (AvgIpc) is 1.96. The molecule has 4 nitrogen and oxygen atoms in total. The van der Waals surface area contributed by atoms with Crippen LogP contribution in [-0.4, -0.2) is 17.1 Å². The van der Waals surface area contributed by atoms with Crippen molar-refractivity contribution in [1.82, 2.24) is 4.98 Å². The van der Waals surface area contributed by atoms with Crippen molar-refractivity contribution in [2.24, 2.45) is 0 Å². The monoisotopic (exact) mass is 230 g/mol. The zero-order chi connectivity index (χ0) is 9.14. The van der Waals surface area contributed by atoms with E-state index in [1.165, 1.54) is 0 Å². The molecule has 1 heterocycles. The molecule has 0 unspecified atom stereocenters. The van der Waals surface area contributed by atoms with Crippen molar-refractivity contribution < 1.29 is 5.02 Å². The molecule has 1 aromatic rings. The molecule has 12 heavy (non-hydrogen) atoms. The second-order valence-electron chi connectivity index (χ2n) is 2.37. The average molecular weight is 231 g/mol. The highest BCUT2D eigenvalue weighted by atomic mass is 79.9. The van der Waals surface area contributed by atoms with Crippen LogP contribution >= 0.6 is 15.9 Å². The molecule has 1 aromatic heterocycles. The van der Waals surface area contributed by atoms with Crippen molar-refractivity contribution in [3.63, 3.8) is 0 Å². The van der Waals surface area contributed by atoms with Gasteiger partial charge in [0.1, 0.15) is 0 Å². The molecule has 0 atom stereocenters. The first-order chi connectivity index (χ1) is 5.59. The minimum absolute atomic E-state index is 0.222. The van der Waals surface area contributed by atoms with Gasteiger partial charge in [-0.25, -0.2) is 0 Å². The van der Waals surface area contributed by atoms with Crippen LogP contribution in [0.4, 0.5) is 5.82 Å². The van der Waals surface area contributed by atoms with Crippen LogP contribution in [0.2, 0.25) is 6.82 Å². The number of hydrogen-bond acceptors (Lipinski definition) is 3. The minimum Gasteiger partial charge on any atom is -0.433 e. The molecular weight excluding hydrogens is 223 g/mol. The van der Waals surface area contributed by atoms with Crippen LogP contribution in [0.5, 0.6) is 0 Å². The lowest BCUT2D eigenvalue weighted by molar-refractivity contribution is 0.586. The first kappa shape index (κ1) is 9.34. The molecule has 1 rings (SSSR count). The van der Waals surface area contributed by atoms with Gasteiger partial charge >= 0.3 is 7.05 Å². The molecule has 0 fully saturated rings. The third-order valence-electron chi connectivity index (χ3n) is 1.23. The van der Waals surface area contributed by atoms with Crippen molar-refractivity contribution in [2.75, 3.05) is 5.23 Å². The lowest BCUT2D eigenvalue weighted by atomic mass is 9.89. The first-order valence-corrected chi connectivity index (χ1v) is 4.22. The third kappa shape index (κ3) is 2.39. The maximum absolute atomic E-state index is 11.0. The Balaban J connectivity index is 2.90. The van der Waals surface area contributed by atoms with Crippen molar-refractivity contribution in [3.05, 3.63) is 27.0 Å². The molecule has 0 aliphatic rings. The molecular formula is C6H8BBrN2O2. The SMILES string of the molecule is CB(O)Nc1ccc(Br)c(=O)[nH]1. The van der Waals surface area contributed by atoms with Gasteiger partial charge in [0.15, 0.2) is 0 Å². The van der Waals surface area contributed by atoms with E-state index in [0.29, 0.717) is 10.3 Å². The summed E-state index contributed by atoms with van der Waals surface area (Å²) >= 11 is 3.06. The number of anilines is 1. The number of aromatic amines is 1. The van der Waals surface area contributed by atoms with E-state index >= 15 is 0 Å². The highest BCUT2D eigenvalue weighted by Crippen LogP contribution is 2.05. The predicted octanol–water partition coefficient (Wildman–Crippen LogP) is 0.660. The molecule has 0 aromatic carbocycles. The predicted molar refractivity (Wildman–Crippen MR) is 52.2 cm³/mol. The van der Waals surface area contributed by atoms with Crippen LogP contribution in [0, 0.1) is 0 Å². The first-order valence-electron chi connectivity index (χ1n) is 3.43. The molecule has 0 radical (unpaired) electrons. The van der Waals surface area contributed by atoms with Crippen LogP contribution in [0.15, 0.2) is 21.4 Å². The molecule has 64 valence electrons. The van der Waals surface area contributed by atoms with Crippen molar-refractivity contribution >= 4 is 28.8 Å². The van der Waals surface area contributed by atoms with E-state index < -0.39 is 7.05 Å². The topological polar surface area (TPSA) is 65.1 Å². The lowest BCUT2D eigenvalue weighted by Gasteiger charge is -2.04. The summed E-state index contributed by atoms with van der Waals surface area (Å²) in [6, 6.07) is 3.28. The maximum atomic E-state index is 11.0. The van der Waals surface area contributed by atoms with Crippen LogP contribution in [0.3, 0.4) is 0 Å². The number of aromatic nitrogens is 1. The molecule has 0 saturated carbocycles. The zero-order valence-electron chi connectivity index (χ0n) is 6.47. The standard InChI is InChI=1S/C6H8BBrN2O2/c1-7(12)10-5-3-2-4(8)6(11)9-5/h2-3,12H,1H3,(H2,9,10,11). The van der Waals surface area contributed by atoms with Gasteiger partial charge in [-0.1, -0.05) is 0 Å². The Morgan fingerprint density at radius 2 is 2.33 bits per heavy atom. The number of rotatable bonds is 2. The number of H-pyrrole nitrogens is 1. The molecule has 0 aliphatic heterocycles. The molecule has 0 amide bonds. The van der Waals surface area contributed by atoms with Gasteiger partial charge in [0, 0.05) is 0 Å². The summed E-state index contributed by atoms with van der Waals surface area (Å²) in [5.41, 5.74) is -0.222. The third-order valence-corrected chi connectivity index (χ3v) is 1.85. The van der Waals surface area contributed by atoms with Gasteiger partial charge in [-0.2, -0.15) is 0 Å². The summed E-state index contributed by atoms with van der Waals surface area (Å²) in [5.74, 6) is 0.498. The van der Waals surface area contributed by atoms with Gasteiger partial charge in [-0.05, 0) is 34.9 Å². The van der Waals surface area contributed by atoms with Gasteiger partial charge in [-0.15, -0.1) is 0 Å². The lowest BCUT2D eigenvalue weighted by Crippen LogP contribution is -2.22. The van der Waals surface area contributed by atoms with Gasteiger partial charge in [-0.3, -0.25) is 4.79 Å². The largest absolute Gasteiger partial charge is 0.433 e. The quantitative estimate of drug-likeness (QED) is 0.655. The van der Waals surface area contributed by atoms with E-state index in [1.54, 1.807) is 19.0 Å². The molecule has 3 N–H and O–H groups in total. The van der Waals surface area contributed by atoms with Crippen molar-refractivity contribution in [3.8, 4) is 0 Å². The number of pyridine rings is 1. The summed E-state index contributed by atoms with van der Waals surface area (Å²) in [4.78, 5) is 13.5. The normalized spacial score (nSPS) is 9.58. The summed E-state index contributed by atoms with van der Waals surface area (Å²) in [7, 11) is -0.679. The fourth-order valence-electron chi connectivity index (χ4n) is 0.765. The Labute approximate surface area is 78.3 Å². The smallest absolute Gasteiger partial charge is 0.408 e. The summed E-state index contributed by atoms with van der Waals surface area (Å²) in [6.07, 6.45) is 0. The fourth-order valence-corrected chi connectivity index (χ4v) is 0.996. The van der Waals surface area contributed by atoms with E-state index in [4.69, 9.17) is 5.02 Å². The van der Waals surface area contributed by atoms with Gasteiger partial charge in [0.2, 0.25) is 0 Å². The molecule has 0 spiro atoms. The number of hydrogen-bond donors (Lipinski definition) is 3. The summed E-state index contributed by atoms with van der Waals surface area (Å²) in [5, 5.41) is 11.6. The fraction of sp³-hybridized carbons (Fsp3) is 0.167. The minimum atomic E-state index is -0.679. The Morgan fingerprint density at radius 3 is 2.83 bits per heavy atom. The second kappa shape index (κ2) is 3.77. The Morgan fingerprint density at radius 1 is 1.67 bits per heavy atom. The Kier molecular flexibility index (Phi) is 2.94. The molecule has 0 aliphatic carbocycles. The van der Waals surface area contributed by atoms with Gasteiger partial charge in [0.25, 0.3) is 5.56 Å². The van der Waals surface area contributed by atoms with E-state index in [-0.39, 0.29) is 5.56 Å². The van der Waals surface area contributed by atoms with Crippen molar-refractivity contribution in [2.45, 2.75) is 6.82 Å². The van der Waals surface area contributed by atoms with E-state index in [0.717, 1.165) is 0 Å². The van der Waals surface area contributed by atoms with Gasteiger partial charge in [0.05, 0.1) is 10.3 Å². The van der Waals surface area contributed by atoms with Crippen LogP contribution in [0.25, 0.3) is 0 Å². The highest BCUT2D eigenvalue weighted by Gasteiger charge is 2.03. The molecule has 6 heteroatoms. The van der Waals surface area contributed by atoms with E-state index in [2.05, 4.69) is 26.1 Å².